The number of ether oxygens (including phenoxy) is 2. The van der Waals surface area contributed by atoms with Crippen molar-refractivity contribution in [2.75, 3.05) is 24.2 Å². The third-order valence-electron chi connectivity index (χ3n) is 9.09. The number of halogens is 1. The maximum atomic E-state index is 12.2. The van der Waals surface area contributed by atoms with Crippen LogP contribution in [0.2, 0.25) is 0 Å². The summed E-state index contributed by atoms with van der Waals surface area (Å²) in [6.45, 7) is 3.37. The van der Waals surface area contributed by atoms with Crippen LogP contribution in [0.5, 0.6) is 0 Å². The molecular formula is C36H59ClN6O14. The van der Waals surface area contributed by atoms with Crippen molar-refractivity contribution in [1.29, 1.82) is 0 Å². The highest BCUT2D eigenvalue weighted by atomic mass is 35.5. The van der Waals surface area contributed by atoms with Gasteiger partial charge in [0.25, 0.3) is 0 Å². The van der Waals surface area contributed by atoms with Crippen molar-refractivity contribution in [3.8, 4) is 0 Å². The van der Waals surface area contributed by atoms with Crippen molar-refractivity contribution in [3.63, 3.8) is 0 Å². The van der Waals surface area contributed by atoms with E-state index in [2.05, 4.69) is 29.3 Å². The van der Waals surface area contributed by atoms with Gasteiger partial charge in [0.15, 0.2) is 24.1 Å². The van der Waals surface area contributed by atoms with Gasteiger partial charge in [-0.3, -0.25) is 24.6 Å². The molecule has 2 fully saturated rings. The molecule has 2 aromatic heterocycles. The fourth-order valence-corrected chi connectivity index (χ4v) is 5.94. The standard InChI is InChI=1S/C18H29N3O7.C9H17ClO.C9H13N3O6/c1-2-3-4-5-6-7-8-14(23)28-20-13-9-10-21(18(26)19-13)17-16(25)15(24)12(11-22)27-17;1-2-3-4-5-6-7-8-9(10)11;13-3-4-6(14)7(15)8(18-4)12-2-1-5(11-17)10-9(12)16/h9-10,12,15-17,22,24-25H,2-8,11H2,1H3,(H,19,20,26);2-8H2,1H3;1-2,4,6-8,13-15,17H,3H2,(H,10,11,16)/t12-,15+,16?,17-;;4-,6+,7?,8-/m1.1/s1. The molecular weight excluding hydrogens is 776 g/mol. The van der Waals surface area contributed by atoms with Crippen LogP contribution in [0.4, 0.5) is 11.6 Å². The van der Waals surface area contributed by atoms with E-state index in [1.165, 1.54) is 69.5 Å². The lowest BCUT2D eigenvalue weighted by Gasteiger charge is -2.17. The van der Waals surface area contributed by atoms with E-state index in [1.807, 2.05) is 0 Å². The summed E-state index contributed by atoms with van der Waals surface area (Å²) >= 11 is 5.18. The van der Waals surface area contributed by atoms with Crippen LogP contribution in [0, 0.1) is 0 Å². The predicted molar refractivity (Wildman–Crippen MR) is 205 cm³/mol. The second-order valence-electron chi connectivity index (χ2n) is 13.5. The summed E-state index contributed by atoms with van der Waals surface area (Å²) in [5.74, 6) is -0.461. The molecule has 0 bridgehead atoms. The molecule has 20 nitrogen and oxygen atoms in total. The van der Waals surface area contributed by atoms with Gasteiger partial charge in [0.2, 0.25) is 5.24 Å². The zero-order valence-corrected chi connectivity index (χ0v) is 33.2. The molecule has 2 aliphatic rings. The molecule has 57 heavy (non-hydrogen) atoms. The smallest absolute Gasteiger partial charge is 0.351 e. The van der Waals surface area contributed by atoms with E-state index in [9.17, 15) is 39.6 Å². The Bertz CT molecular complexity index is 1580. The van der Waals surface area contributed by atoms with Crippen molar-refractivity contribution in [3.05, 3.63) is 45.5 Å². The van der Waals surface area contributed by atoms with Gasteiger partial charge in [0.1, 0.15) is 36.6 Å². The van der Waals surface area contributed by atoms with Gasteiger partial charge >= 0.3 is 17.3 Å². The van der Waals surface area contributed by atoms with Crippen LogP contribution >= 0.6 is 11.6 Å². The Hall–Kier alpha value is -3.57. The maximum absolute atomic E-state index is 12.2. The van der Waals surface area contributed by atoms with E-state index in [1.54, 1.807) is 5.48 Å². The molecule has 4 heterocycles. The molecule has 21 heteroatoms. The number of carbonyl (C=O) groups is 2. The van der Waals surface area contributed by atoms with Crippen molar-refractivity contribution in [2.45, 2.75) is 153 Å². The summed E-state index contributed by atoms with van der Waals surface area (Å²) < 4.78 is 12.4. The lowest BCUT2D eigenvalue weighted by Crippen LogP contribution is -2.36. The molecule has 0 radical (unpaired) electrons. The zero-order chi connectivity index (χ0) is 42.3. The molecule has 2 saturated heterocycles. The predicted octanol–water partition coefficient (Wildman–Crippen LogP) is 1.63. The number of hydrogen-bond acceptors (Lipinski definition) is 18. The number of nitrogens with zero attached hydrogens (tertiary/aromatic N) is 4. The fraction of sp³-hybridized carbons (Fsp3) is 0.722. The molecule has 9 N–H and O–H groups in total. The summed E-state index contributed by atoms with van der Waals surface area (Å²) in [5.41, 5.74) is 2.50. The fourth-order valence-electron chi connectivity index (χ4n) is 5.81. The maximum Gasteiger partial charge on any atom is 0.351 e. The highest BCUT2D eigenvalue weighted by Gasteiger charge is 2.44. The van der Waals surface area contributed by atoms with Crippen LogP contribution in [-0.4, -0.2) is 116 Å². The molecule has 0 amide bonds. The van der Waals surface area contributed by atoms with Crippen LogP contribution in [-0.2, 0) is 23.9 Å². The second-order valence-corrected chi connectivity index (χ2v) is 14.0. The summed E-state index contributed by atoms with van der Waals surface area (Å²) in [5, 5.41) is 65.5. The number of aromatic nitrogens is 4. The first-order chi connectivity index (χ1) is 27.3. The van der Waals surface area contributed by atoms with Gasteiger partial charge < -0.3 is 45.0 Å². The van der Waals surface area contributed by atoms with Crippen LogP contribution < -0.4 is 22.3 Å². The first-order valence-electron chi connectivity index (χ1n) is 19.3. The van der Waals surface area contributed by atoms with Crippen molar-refractivity contribution >= 4 is 34.4 Å². The van der Waals surface area contributed by atoms with Gasteiger partial charge in [-0.1, -0.05) is 78.1 Å². The SMILES string of the molecule is CCCCCCCCC(=O)Cl.CCCCCCCCC(=O)ONc1ccn([C@@H]2O[C@H](CO)[C@H](O)C2O)c(=O)n1.O=c1nc(NO)ccn1[C@@H]1O[C@H](CO)[C@H](O)C1O. The minimum absolute atomic E-state index is 0.0317. The molecule has 2 unspecified atom stereocenters. The second kappa shape index (κ2) is 27.2. The van der Waals surface area contributed by atoms with E-state index in [4.69, 9.17) is 41.3 Å². The molecule has 0 aliphatic carbocycles. The van der Waals surface area contributed by atoms with E-state index >= 15 is 0 Å². The molecule has 0 saturated carbocycles. The Labute approximate surface area is 335 Å². The summed E-state index contributed by atoms with van der Waals surface area (Å²) in [6.07, 6.45) is 7.34. The Kier molecular flexibility index (Phi) is 23.6. The summed E-state index contributed by atoms with van der Waals surface area (Å²) in [4.78, 5) is 57.8. The number of rotatable bonds is 21. The summed E-state index contributed by atoms with van der Waals surface area (Å²) in [7, 11) is 0. The van der Waals surface area contributed by atoms with E-state index < -0.39 is 79.6 Å². The Morgan fingerprint density at radius 3 is 1.53 bits per heavy atom. The first kappa shape index (κ1) is 49.6. The Balaban J connectivity index is 0.000000330. The minimum atomic E-state index is -1.38. The topological polar surface area (TPSA) is 297 Å². The van der Waals surface area contributed by atoms with Crippen LogP contribution in [0.25, 0.3) is 0 Å². The lowest BCUT2D eigenvalue weighted by molar-refractivity contribution is -0.140. The quantitative estimate of drug-likeness (QED) is 0.0490. The van der Waals surface area contributed by atoms with E-state index in [-0.39, 0.29) is 23.3 Å². The number of aliphatic hydroxyl groups is 6. The highest BCUT2D eigenvalue weighted by molar-refractivity contribution is 6.63. The van der Waals surface area contributed by atoms with E-state index in [0.29, 0.717) is 6.42 Å². The van der Waals surface area contributed by atoms with Gasteiger partial charge in [-0.25, -0.2) is 19.9 Å². The van der Waals surface area contributed by atoms with Crippen molar-refractivity contribution < 1.29 is 59.7 Å². The summed E-state index contributed by atoms with van der Waals surface area (Å²) in [6, 6.07) is 2.66. The van der Waals surface area contributed by atoms with Gasteiger partial charge in [-0.2, -0.15) is 9.97 Å². The third kappa shape index (κ3) is 16.7. The molecule has 8 atom stereocenters. The van der Waals surface area contributed by atoms with Crippen molar-refractivity contribution in [2.24, 2.45) is 0 Å². The van der Waals surface area contributed by atoms with Crippen molar-refractivity contribution in [1.82, 2.24) is 19.1 Å². The molecule has 324 valence electrons. The van der Waals surface area contributed by atoms with Crippen LogP contribution in [0.15, 0.2) is 34.1 Å². The normalized spacial score (nSPS) is 23.8. The number of carbonyl (C=O) groups excluding carboxylic acids is 2. The van der Waals surface area contributed by atoms with Crippen LogP contribution in [0.3, 0.4) is 0 Å². The zero-order valence-electron chi connectivity index (χ0n) is 32.4. The van der Waals surface area contributed by atoms with Gasteiger partial charge in [0.05, 0.1) is 13.2 Å². The number of unbranched alkanes of at least 4 members (excludes halogenated alkanes) is 10. The first-order valence-corrected chi connectivity index (χ1v) is 19.7. The number of nitrogens with one attached hydrogen (secondary N) is 2. The minimum Gasteiger partial charge on any atom is -0.394 e. The van der Waals surface area contributed by atoms with E-state index in [0.717, 1.165) is 41.2 Å². The largest absolute Gasteiger partial charge is 0.394 e. The van der Waals surface area contributed by atoms with Gasteiger partial charge in [0, 0.05) is 31.3 Å². The lowest BCUT2D eigenvalue weighted by atomic mass is 10.1. The average molecular weight is 835 g/mol. The molecule has 2 aromatic rings. The highest BCUT2D eigenvalue weighted by Crippen LogP contribution is 2.29. The molecule has 0 spiro atoms. The number of aliphatic hydroxyl groups excluding tert-OH is 6. The molecule has 0 aromatic carbocycles. The molecule has 2 aliphatic heterocycles. The Morgan fingerprint density at radius 2 is 1.12 bits per heavy atom. The third-order valence-corrected chi connectivity index (χ3v) is 9.28. The Morgan fingerprint density at radius 1 is 0.702 bits per heavy atom. The van der Waals surface area contributed by atoms with Crippen LogP contribution in [0.1, 0.15) is 116 Å². The monoisotopic (exact) mass is 834 g/mol. The number of anilines is 2. The van der Waals surface area contributed by atoms with Gasteiger partial charge in [-0.05, 0) is 30.5 Å². The number of hydrogen-bond donors (Lipinski definition) is 9. The van der Waals surface area contributed by atoms with Gasteiger partial charge in [-0.15, -0.1) is 0 Å². The average Bonchev–Trinajstić information content (AvgIpc) is 3.65. The molecule has 4 rings (SSSR count).